The zero-order chi connectivity index (χ0) is 25.1. The maximum Gasteiger partial charge on any atom is 0.262 e. The summed E-state index contributed by atoms with van der Waals surface area (Å²) in [6.07, 6.45) is 1.10. The highest BCUT2D eigenvalue weighted by atomic mass is 32.2. The Hall–Kier alpha value is -3.14. The van der Waals surface area contributed by atoms with Crippen molar-refractivity contribution in [3.8, 4) is 5.75 Å². The fourth-order valence-electron chi connectivity index (χ4n) is 3.75. The number of nitrogens with one attached hydrogen (secondary N) is 2. The molecule has 0 aromatic heterocycles. The average molecular weight is 492 g/mol. The molecule has 184 valence electrons. The van der Waals surface area contributed by atoms with Crippen molar-refractivity contribution in [2.24, 2.45) is 11.3 Å². The zero-order valence-corrected chi connectivity index (χ0v) is 20.5. The van der Waals surface area contributed by atoms with E-state index in [1.54, 1.807) is 17.0 Å². The second-order valence-corrected chi connectivity index (χ2v) is 11.0. The first kappa shape index (κ1) is 25.5. The number of piperidine rings is 1. The van der Waals surface area contributed by atoms with Crippen LogP contribution >= 0.6 is 0 Å². The number of nitrogens with zero attached hydrogens (tertiary/aromatic N) is 1. The number of halogens is 1. The van der Waals surface area contributed by atoms with Gasteiger partial charge in [-0.15, -0.1) is 0 Å². The Balaban J connectivity index is 1.69. The van der Waals surface area contributed by atoms with Gasteiger partial charge in [-0.3, -0.25) is 14.3 Å². The minimum atomic E-state index is -4.00. The smallest absolute Gasteiger partial charge is 0.262 e. The molecule has 2 aromatic carbocycles. The number of amides is 2. The number of hydrogen-bond donors (Lipinski definition) is 2. The van der Waals surface area contributed by atoms with Crippen LogP contribution in [0.1, 0.15) is 33.6 Å². The molecule has 0 spiro atoms. The third kappa shape index (κ3) is 6.05. The first-order valence-electron chi connectivity index (χ1n) is 11.0. The van der Waals surface area contributed by atoms with Crippen molar-refractivity contribution >= 4 is 33.2 Å². The van der Waals surface area contributed by atoms with Crippen LogP contribution in [0.5, 0.6) is 5.75 Å². The summed E-state index contributed by atoms with van der Waals surface area (Å²) in [7, 11) is -2.60. The van der Waals surface area contributed by atoms with E-state index < -0.39 is 21.3 Å². The van der Waals surface area contributed by atoms with E-state index >= 15 is 0 Å². The lowest BCUT2D eigenvalue weighted by molar-refractivity contribution is -0.142. The molecule has 1 aliphatic rings. The Bertz CT molecular complexity index is 1150. The number of benzene rings is 2. The van der Waals surface area contributed by atoms with Crippen LogP contribution in [0.25, 0.3) is 0 Å². The number of rotatable bonds is 6. The third-order valence-electron chi connectivity index (χ3n) is 5.63. The molecule has 1 saturated heterocycles. The predicted molar refractivity (Wildman–Crippen MR) is 128 cm³/mol. The summed E-state index contributed by atoms with van der Waals surface area (Å²) in [5, 5.41) is 2.83. The summed E-state index contributed by atoms with van der Waals surface area (Å²) in [5.74, 6) is -0.669. The van der Waals surface area contributed by atoms with Gasteiger partial charge in [-0.2, -0.15) is 0 Å². The maximum absolute atomic E-state index is 13.2. The molecule has 0 radical (unpaired) electrons. The number of carbonyl (C=O) groups excluding carboxylic acids is 2. The molecule has 34 heavy (non-hydrogen) atoms. The third-order valence-corrected chi connectivity index (χ3v) is 7.01. The zero-order valence-electron chi connectivity index (χ0n) is 19.7. The molecule has 3 rings (SSSR count). The fourth-order valence-corrected chi connectivity index (χ4v) is 4.81. The topological polar surface area (TPSA) is 105 Å². The Kier molecular flexibility index (Phi) is 7.50. The molecule has 1 fully saturated rings. The molecule has 2 amide bonds. The Labute approximate surface area is 199 Å². The van der Waals surface area contributed by atoms with E-state index in [1.807, 2.05) is 20.8 Å². The van der Waals surface area contributed by atoms with Crippen LogP contribution < -0.4 is 14.8 Å². The summed E-state index contributed by atoms with van der Waals surface area (Å²) in [4.78, 5) is 27.0. The first-order chi connectivity index (χ1) is 15.9. The standard InChI is InChI=1S/C24H30FN3O5S/c1-24(2,3)23(30)28-13-11-16(12-14-28)22(29)26-18-7-10-21(33-4)20(15-18)27-34(31,32)19-8-5-17(25)6-9-19/h5-10,15-16,27H,11-14H2,1-4H3,(H,26,29). The lowest BCUT2D eigenvalue weighted by atomic mass is 9.90. The maximum atomic E-state index is 13.2. The molecule has 10 heteroatoms. The van der Waals surface area contributed by atoms with Gasteiger partial charge in [0.1, 0.15) is 11.6 Å². The summed E-state index contributed by atoms with van der Waals surface area (Å²) in [5.41, 5.74) is 0.0709. The molecule has 1 aliphatic heterocycles. The average Bonchev–Trinajstić information content (AvgIpc) is 2.78. The predicted octanol–water partition coefficient (Wildman–Crippen LogP) is 3.86. The summed E-state index contributed by atoms with van der Waals surface area (Å²) in [6, 6.07) is 9.06. The van der Waals surface area contributed by atoms with Crippen LogP contribution in [-0.2, 0) is 19.6 Å². The van der Waals surface area contributed by atoms with Gasteiger partial charge in [0.15, 0.2) is 0 Å². The Morgan fingerprint density at radius 3 is 2.24 bits per heavy atom. The van der Waals surface area contributed by atoms with Crippen LogP contribution in [0, 0.1) is 17.2 Å². The number of ether oxygens (including phenoxy) is 1. The molecule has 2 aromatic rings. The molecule has 1 heterocycles. The van der Waals surface area contributed by atoms with Gasteiger partial charge in [-0.1, -0.05) is 20.8 Å². The Morgan fingerprint density at radius 1 is 1.06 bits per heavy atom. The van der Waals surface area contributed by atoms with Gasteiger partial charge in [0.2, 0.25) is 11.8 Å². The van der Waals surface area contributed by atoms with E-state index in [4.69, 9.17) is 4.74 Å². The molecular formula is C24H30FN3O5S. The van der Waals surface area contributed by atoms with Gasteiger partial charge in [-0.25, -0.2) is 12.8 Å². The minimum absolute atomic E-state index is 0.0691. The molecule has 0 atom stereocenters. The van der Waals surface area contributed by atoms with E-state index in [1.165, 1.54) is 13.2 Å². The van der Waals surface area contributed by atoms with Crippen LogP contribution in [0.3, 0.4) is 0 Å². The van der Waals surface area contributed by atoms with Gasteiger partial charge in [0, 0.05) is 30.1 Å². The van der Waals surface area contributed by atoms with E-state index in [0.717, 1.165) is 24.3 Å². The first-order valence-corrected chi connectivity index (χ1v) is 12.5. The van der Waals surface area contributed by atoms with Crippen LogP contribution in [0.2, 0.25) is 0 Å². The van der Waals surface area contributed by atoms with Crippen molar-refractivity contribution in [1.29, 1.82) is 0 Å². The number of methoxy groups -OCH3 is 1. The van der Waals surface area contributed by atoms with Crippen molar-refractivity contribution in [3.05, 3.63) is 48.3 Å². The summed E-state index contributed by atoms with van der Waals surface area (Å²) >= 11 is 0. The van der Waals surface area contributed by atoms with Crippen molar-refractivity contribution < 1.29 is 27.1 Å². The van der Waals surface area contributed by atoms with Crippen molar-refractivity contribution in [2.45, 2.75) is 38.5 Å². The Morgan fingerprint density at radius 2 is 1.68 bits per heavy atom. The highest BCUT2D eigenvalue weighted by Gasteiger charge is 2.32. The lowest BCUT2D eigenvalue weighted by Crippen LogP contribution is -2.45. The number of anilines is 2. The van der Waals surface area contributed by atoms with Crippen LogP contribution in [-0.4, -0.2) is 45.3 Å². The molecule has 0 bridgehead atoms. The second-order valence-electron chi connectivity index (χ2n) is 9.28. The van der Waals surface area contributed by atoms with Crippen molar-refractivity contribution in [2.75, 3.05) is 30.2 Å². The van der Waals surface area contributed by atoms with Gasteiger partial charge < -0.3 is 15.0 Å². The number of sulfonamides is 1. The molecule has 0 aliphatic carbocycles. The van der Waals surface area contributed by atoms with Crippen molar-refractivity contribution in [3.63, 3.8) is 0 Å². The van der Waals surface area contributed by atoms with E-state index in [9.17, 15) is 22.4 Å². The van der Waals surface area contributed by atoms with Gasteiger partial charge >= 0.3 is 0 Å². The summed E-state index contributed by atoms with van der Waals surface area (Å²) in [6.45, 7) is 6.65. The lowest BCUT2D eigenvalue weighted by Gasteiger charge is -2.35. The van der Waals surface area contributed by atoms with E-state index in [2.05, 4.69) is 10.0 Å². The molecule has 0 saturated carbocycles. The monoisotopic (exact) mass is 491 g/mol. The SMILES string of the molecule is COc1ccc(NC(=O)C2CCN(C(=O)C(C)(C)C)CC2)cc1NS(=O)(=O)c1ccc(F)cc1. The number of carbonyl (C=O) groups is 2. The summed E-state index contributed by atoms with van der Waals surface area (Å²) < 4.78 is 46.3. The highest BCUT2D eigenvalue weighted by molar-refractivity contribution is 7.92. The van der Waals surface area contributed by atoms with Crippen molar-refractivity contribution in [1.82, 2.24) is 4.90 Å². The fraction of sp³-hybridized carbons (Fsp3) is 0.417. The molecule has 8 nitrogen and oxygen atoms in total. The second kappa shape index (κ2) is 10.0. The van der Waals surface area contributed by atoms with E-state index in [0.29, 0.717) is 31.6 Å². The molecular weight excluding hydrogens is 461 g/mol. The molecule has 0 unspecified atom stereocenters. The van der Waals surface area contributed by atoms with Crippen LogP contribution in [0.15, 0.2) is 47.4 Å². The van der Waals surface area contributed by atoms with Crippen LogP contribution in [0.4, 0.5) is 15.8 Å². The minimum Gasteiger partial charge on any atom is -0.495 e. The number of likely N-dealkylation sites (tertiary alicyclic amines) is 1. The van der Waals surface area contributed by atoms with Gasteiger partial charge in [-0.05, 0) is 55.3 Å². The quantitative estimate of drug-likeness (QED) is 0.639. The highest BCUT2D eigenvalue weighted by Crippen LogP contribution is 2.31. The van der Waals surface area contributed by atoms with Gasteiger partial charge in [0.25, 0.3) is 10.0 Å². The van der Waals surface area contributed by atoms with E-state index in [-0.39, 0.29) is 34.1 Å². The van der Waals surface area contributed by atoms with Gasteiger partial charge in [0.05, 0.1) is 17.7 Å². The normalized spacial score (nSPS) is 15.0. The molecule has 2 N–H and O–H groups in total. The largest absolute Gasteiger partial charge is 0.495 e. The number of hydrogen-bond acceptors (Lipinski definition) is 5.